The third-order valence-corrected chi connectivity index (χ3v) is 1.01. The van der Waals surface area contributed by atoms with Crippen LogP contribution in [0.2, 0.25) is 0 Å². The second-order valence-corrected chi connectivity index (χ2v) is 1.67. The van der Waals surface area contributed by atoms with Crippen LogP contribution in [0.15, 0.2) is 0 Å². The van der Waals surface area contributed by atoms with Crippen LogP contribution < -0.4 is 5.32 Å². The van der Waals surface area contributed by atoms with Crippen molar-refractivity contribution in [3.8, 4) is 18.4 Å². The Morgan fingerprint density at radius 3 is 2.78 bits per heavy atom. The average molecular weight is 122 g/mol. The zero-order valence-corrected chi connectivity index (χ0v) is 5.52. The Balaban J connectivity index is 3.37. The summed E-state index contributed by atoms with van der Waals surface area (Å²) in [4.78, 5) is 0. The standard InChI is InChI=1S/C7H10N2/c1-3-5-9-7(4-2)6-8/h1,7,9H,4-5H2,2H3. The minimum absolute atomic E-state index is 0.0824. The number of hydrogen-bond acceptors (Lipinski definition) is 2. The molecule has 2 heteroatoms. The van der Waals surface area contributed by atoms with Crippen molar-refractivity contribution in [2.75, 3.05) is 6.54 Å². The first kappa shape index (κ1) is 8.01. The van der Waals surface area contributed by atoms with Crippen molar-refractivity contribution in [3.05, 3.63) is 0 Å². The monoisotopic (exact) mass is 122 g/mol. The van der Waals surface area contributed by atoms with E-state index in [0.717, 1.165) is 6.42 Å². The Labute approximate surface area is 55.9 Å². The number of nitriles is 1. The molecule has 0 aromatic heterocycles. The van der Waals surface area contributed by atoms with Gasteiger partial charge in [0.05, 0.1) is 18.7 Å². The fourth-order valence-electron chi connectivity index (χ4n) is 0.463. The molecule has 9 heavy (non-hydrogen) atoms. The highest BCUT2D eigenvalue weighted by atomic mass is 14.9. The Hall–Kier alpha value is -0.990. The van der Waals surface area contributed by atoms with Gasteiger partial charge in [0, 0.05) is 0 Å². The average Bonchev–Trinajstić information content (AvgIpc) is 1.91. The van der Waals surface area contributed by atoms with Gasteiger partial charge in [-0.25, -0.2) is 0 Å². The van der Waals surface area contributed by atoms with Crippen molar-refractivity contribution in [1.29, 1.82) is 5.26 Å². The maximum atomic E-state index is 8.37. The Morgan fingerprint density at radius 1 is 1.78 bits per heavy atom. The van der Waals surface area contributed by atoms with Gasteiger partial charge >= 0.3 is 0 Å². The van der Waals surface area contributed by atoms with E-state index in [2.05, 4.69) is 17.3 Å². The van der Waals surface area contributed by atoms with E-state index in [9.17, 15) is 0 Å². The summed E-state index contributed by atoms with van der Waals surface area (Å²) in [5.41, 5.74) is 0. The largest absolute Gasteiger partial charge is 0.291 e. The lowest BCUT2D eigenvalue weighted by molar-refractivity contribution is 0.632. The van der Waals surface area contributed by atoms with E-state index >= 15 is 0 Å². The molecule has 1 unspecified atom stereocenters. The molecular formula is C7H10N2. The van der Waals surface area contributed by atoms with E-state index in [1.54, 1.807) is 0 Å². The highest BCUT2D eigenvalue weighted by molar-refractivity contribution is 4.94. The fourth-order valence-corrected chi connectivity index (χ4v) is 0.463. The van der Waals surface area contributed by atoms with E-state index in [-0.39, 0.29) is 6.04 Å². The van der Waals surface area contributed by atoms with Gasteiger partial charge in [-0.15, -0.1) is 6.42 Å². The van der Waals surface area contributed by atoms with Gasteiger partial charge in [0.15, 0.2) is 0 Å². The van der Waals surface area contributed by atoms with Gasteiger partial charge in [0.2, 0.25) is 0 Å². The number of rotatable bonds is 3. The van der Waals surface area contributed by atoms with E-state index in [1.165, 1.54) is 0 Å². The molecule has 0 rings (SSSR count). The lowest BCUT2D eigenvalue weighted by Crippen LogP contribution is -2.26. The molecule has 0 spiro atoms. The summed E-state index contributed by atoms with van der Waals surface area (Å²) in [7, 11) is 0. The predicted molar refractivity (Wildman–Crippen MR) is 36.5 cm³/mol. The summed E-state index contributed by atoms with van der Waals surface area (Å²) in [6.45, 7) is 2.42. The number of hydrogen-bond donors (Lipinski definition) is 1. The Kier molecular flexibility index (Phi) is 4.59. The SMILES string of the molecule is C#CCNC(C#N)CC. The third kappa shape index (κ3) is 3.58. The van der Waals surface area contributed by atoms with Crippen molar-refractivity contribution in [2.45, 2.75) is 19.4 Å². The Morgan fingerprint density at radius 2 is 2.44 bits per heavy atom. The van der Waals surface area contributed by atoms with Crippen molar-refractivity contribution in [1.82, 2.24) is 5.32 Å². The summed E-state index contributed by atoms with van der Waals surface area (Å²) >= 11 is 0. The molecule has 0 saturated carbocycles. The third-order valence-electron chi connectivity index (χ3n) is 1.01. The van der Waals surface area contributed by atoms with Crippen molar-refractivity contribution in [3.63, 3.8) is 0 Å². The molecule has 0 aliphatic rings. The molecule has 0 saturated heterocycles. The van der Waals surface area contributed by atoms with Crippen molar-refractivity contribution < 1.29 is 0 Å². The van der Waals surface area contributed by atoms with Crippen LogP contribution in [-0.2, 0) is 0 Å². The van der Waals surface area contributed by atoms with Crippen LogP contribution in [0.1, 0.15) is 13.3 Å². The van der Waals surface area contributed by atoms with Crippen molar-refractivity contribution >= 4 is 0 Å². The normalized spacial score (nSPS) is 11.4. The summed E-state index contributed by atoms with van der Waals surface area (Å²) in [5.74, 6) is 2.40. The lowest BCUT2D eigenvalue weighted by Gasteiger charge is -2.02. The van der Waals surface area contributed by atoms with Crippen molar-refractivity contribution in [2.24, 2.45) is 0 Å². The van der Waals surface area contributed by atoms with Crippen LogP contribution in [0.4, 0.5) is 0 Å². The Bertz CT molecular complexity index is 138. The van der Waals surface area contributed by atoms with Gasteiger partial charge in [0.25, 0.3) is 0 Å². The topological polar surface area (TPSA) is 35.8 Å². The first-order valence-corrected chi connectivity index (χ1v) is 2.91. The van der Waals surface area contributed by atoms with Gasteiger partial charge in [0.1, 0.15) is 0 Å². The van der Waals surface area contributed by atoms with Crippen LogP contribution in [0.5, 0.6) is 0 Å². The molecule has 0 heterocycles. The molecule has 0 aromatic rings. The van der Waals surface area contributed by atoms with E-state index in [1.807, 2.05) is 6.92 Å². The van der Waals surface area contributed by atoms with Gasteiger partial charge in [-0.1, -0.05) is 12.8 Å². The van der Waals surface area contributed by atoms with E-state index in [0.29, 0.717) is 6.54 Å². The molecule has 0 aliphatic carbocycles. The molecule has 0 radical (unpaired) electrons. The molecule has 48 valence electrons. The minimum atomic E-state index is -0.0824. The molecule has 0 amide bonds. The van der Waals surface area contributed by atoms with Crippen LogP contribution in [0.3, 0.4) is 0 Å². The van der Waals surface area contributed by atoms with E-state index < -0.39 is 0 Å². The van der Waals surface area contributed by atoms with Crippen LogP contribution in [-0.4, -0.2) is 12.6 Å². The van der Waals surface area contributed by atoms with Gasteiger partial charge in [-0.3, -0.25) is 5.32 Å². The maximum absolute atomic E-state index is 8.37. The molecule has 0 aromatic carbocycles. The van der Waals surface area contributed by atoms with Crippen LogP contribution >= 0.6 is 0 Å². The molecule has 1 N–H and O–H groups in total. The fraction of sp³-hybridized carbons (Fsp3) is 0.571. The number of nitrogens with zero attached hydrogens (tertiary/aromatic N) is 1. The molecule has 0 aliphatic heterocycles. The van der Waals surface area contributed by atoms with Crippen LogP contribution in [0.25, 0.3) is 0 Å². The van der Waals surface area contributed by atoms with Gasteiger partial charge in [-0.2, -0.15) is 5.26 Å². The number of nitrogens with one attached hydrogen (secondary N) is 1. The number of terminal acetylenes is 1. The maximum Gasteiger partial charge on any atom is 0.0957 e. The summed E-state index contributed by atoms with van der Waals surface area (Å²) in [5, 5.41) is 11.2. The summed E-state index contributed by atoms with van der Waals surface area (Å²) in [6.07, 6.45) is 5.77. The predicted octanol–water partition coefficient (Wildman–Crippen LogP) is 0.511. The quantitative estimate of drug-likeness (QED) is 0.554. The smallest absolute Gasteiger partial charge is 0.0957 e. The highest BCUT2D eigenvalue weighted by Crippen LogP contribution is 1.84. The molecule has 0 fully saturated rings. The summed E-state index contributed by atoms with van der Waals surface area (Å²) < 4.78 is 0. The van der Waals surface area contributed by atoms with Gasteiger partial charge < -0.3 is 0 Å². The zero-order chi connectivity index (χ0) is 7.11. The highest BCUT2D eigenvalue weighted by Gasteiger charge is 1.98. The molecule has 0 bridgehead atoms. The minimum Gasteiger partial charge on any atom is -0.291 e. The summed E-state index contributed by atoms with van der Waals surface area (Å²) in [6, 6.07) is 2.00. The molecule has 2 nitrogen and oxygen atoms in total. The molecule has 1 atom stereocenters. The first-order chi connectivity index (χ1) is 4.35. The molecular weight excluding hydrogens is 112 g/mol. The van der Waals surface area contributed by atoms with Gasteiger partial charge in [-0.05, 0) is 6.42 Å². The lowest BCUT2D eigenvalue weighted by atomic mass is 10.2. The first-order valence-electron chi connectivity index (χ1n) is 2.91. The second-order valence-electron chi connectivity index (χ2n) is 1.67. The zero-order valence-electron chi connectivity index (χ0n) is 5.52. The van der Waals surface area contributed by atoms with E-state index in [4.69, 9.17) is 11.7 Å². The second kappa shape index (κ2) is 5.15. The van der Waals surface area contributed by atoms with Crippen LogP contribution in [0, 0.1) is 23.7 Å².